The summed E-state index contributed by atoms with van der Waals surface area (Å²) in [6.45, 7) is -0.310. The molecule has 0 aliphatic heterocycles. The average Bonchev–Trinajstić information content (AvgIpc) is 3.42. The van der Waals surface area contributed by atoms with Gasteiger partial charge in [-0.25, -0.2) is 0 Å². The third kappa shape index (κ3) is 5.90. The highest BCUT2D eigenvalue weighted by Crippen LogP contribution is 2.33. The first kappa shape index (κ1) is 22.0. The molecule has 0 unspecified atom stereocenters. The van der Waals surface area contributed by atoms with Crippen molar-refractivity contribution in [1.29, 1.82) is 0 Å². The molecule has 0 saturated heterocycles. The third-order valence-corrected chi connectivity index (χ3v) is 5.33. The van der Waals surface area contributed by atoms with Crippen molar-refractivity contribution in [2.24, 2.45) is 5.73 Å². The zero-order chi connectivity index (χ0) is 21.7. The van der Waals surface area contributed by atoms with Gasteiger partial charge in [0.2, 0.25) is 5.91 Å². The van der Waals surface area contributed by atoms with Crippen molar-refractivity contribution in [3.8, 4) is 11.5 Å². The summed E-state index contributed by atoms with van der Waals surface area (Å²) in [4.78, 5) is 26.0. The number of halogens is 2. The molecule has 30 heavy (non-hydrogen) atoms. The summed E-state index contributed by atoms with van der Waals surface area (Å²) in [5.74, 6) is -0.641. The second-order valence-corrected chi connectivity index (χ2v) is 7.72. The van der Waals surface area contributed by atoms with Crippen LogP contribution in [-0.2, 0) is 11.3 Å². The van der Waals surface area contributed by atoms with Crippen molar-refractivity contribution < 1.29 is 27.8 Å². The fourth-order valence-electron chi connectivity index (χ4n) is 3.05. The number of alkyl halides is 2. The molecule has 0 spiro atoms. The molecule has 1 aromatic carbocycles. The van der Waals surface area contributed by atoms with E-state index in [1.54, 1.807) is 30.5 Å². The molecule has 1 saturated carbocycles. The summed E-state index contributed by atoms with van der Waals surface area (Å²) < 4.78 is 35.1. The Morgan fingerprint density at radius 1 is 1.30 bits per heavy atom. The van der Waals surface area contributed by atoms with Crippen LogP contribution in [0.1, 0.15) is 35.7 Å². The first-order chi connectivity index (χ1) is 14.4. The van der Waals surface area contributed by atoms with E-state index in [1.165, 1.54) is 17.4 Å². The second-order valence-electron chi connectivity index (χ2n) is 6.80. The van der Waals surface area contributed by atoms with Crippen LogP contribution >= 0.6 is 11.3 Å². The van der Waals surface area contributed by atoms with E-state index in [0.29, 0.717) is 18.2 Å². The lowest BCUT2D eigenvalue weighted by atomic mass is 10.2. The van der Waals surface area contributed by atoms with E-state index in [9.17, 15) is 18.4 Å². The van der Waals surface area contributed by atoms with Gasteiger partial charge in [0.25, 0.3) is 5.91 Å². The fraction of sp³-hybridized carbons (Fsp3) is 0.400. The molecule has 2 amide bonds. The molecule has 1 fully saturated rings. The van der Waals surface area contributed by atoms with Gasteiger partial charge in [-0.1, -0.05) is 6.07 Å². The van der Waals surface area contributed by atoms with Crippen LogP contribution in [-0.4, -0.2) is 42.5 Å². The summed E-state index contributed by atoms with van der Waals surface area (Å²) in [5, 5.41) is 4.86. The number of hydrogen-bond donors (Lipinski definition) is 2. The van der Waals surface area contributed by atoms with Crippen molar-refractivity contribution in [2.75, 3.05) is 18.5 Å². The second kappa shape index (κ2) is 9.86. The predicted octanol–water partition coefficient (Wildman–Crippen LogP) is 3.45. The highest BCUT2D eigenvalue weighted by molar-refractivity contribution is 7.14. The lowest BCUT2D eigenvalue weighted by Crippen LogP contribution is -2.34. The largest absolute Gasteiger partial charge is 0.490 e. The Labute approximate surface area is 176 Å². The molecule has 1 aliphatic rings. The molecular formula is C20H23F2N3O4S. The molecule has 10 heteroatoms. The van der Waals surface area contributed by atoms with E-state index >= 15 is 0 Å². The quantitative estimate of drug-likeness (QED) is 0.559. The van der Waals surface area contributed by atoms with Crippen LogP contribution in [0.4, 0.5) is 13.8 Å². The molecule has 3 N–H and O–H groups in total. The van der Waals surface area contributed by atoms with Gasteiger partial charge in [0.1, 0.15) is 5.00 Å². The Morgan fingerprint density at radius 2 is 2.07 bits per heavy atom. The fourth-order valence-corrected chi connectivity index (χ4v) is 3.86. The van der Waals surface area contributed by atoms with E-state index in [-0.39, 0.29) is 35.6 Å². The number of carbonyl (C=O) groups is 2. The molecule has 1 aliphatic carbocycles. The van der Waals surface area contributed by atoms with Crippen LogP contribution in [0, 0.1) is 0 Å². The number of nitrogens with two attached hydrogens (primary N) is 1. The van der Waals surface area contributed by atoms with Crippen molar-refractivity contribution in [2.45, 2.75) is 39.0 Å². The van der Waals surface area contributed by atoms with E-state index < -0.39 is 12.5 Å². The number of rotatable bonds is 11. The predicted molar refractivity (Wildman–Crippen MR) is 109 cm³/mol. The molecule has 0 atom stereocenters. The van der Waals surface area contributed by atoms with Crippen LogP contribution in [0.25, 0.3) is 0 Å². The van der Waals surface area contributed by atoms with Gasteiger partial charge in [-0.05, 0) is 48.9 Å². The van der Waals surface area contributed by atoms with Gasteiger partial charge in [0.05, 0.1) is 18.7 Å². The van der Waals surface area contributed by atoms with Gasteiger partial charge < -0.3 is 20.5 Å². The molecular weight excluding hydrogens is 416 g/mol. The number of amides is 2. The monoisotopic (exact) mass is 439 g/mol. The smallest absolute Gasteiger partial charge is 0.387 e. The standard InChI is InChI=1S/C20H23F2N3O4S/c1-2-28-16-9-12(3-6-15(16)29-20(21)22)10-25(13-4-5-13)11-17(26)24-19-14(18(23)27)7-8-30-19/h3,6-9,13,20H,2,4-5,10-11H2,1H3,(H2,23,27)(H,24,26). The summed E-state index contributed by atoms with van der Waals surface area (Å²) in [6.07, 6.45) is 1.95. The van der Waals surface area contributed by atoms with E-state index in [0.717, 1.165) is 18.4 Å². The van der Waals surface area contributed by atoms with Crippen LogP contribution in [0.2, 0.25) is 0 Å². The molecule has 0 bridgehead atoms. The lowest BCUT2D eigenvalue weighted by Gasteiger charge is -2.22. The number of carbonyl (C=O) groups excluding carboxylic acids is 2. The van der Waals surface area contributed by atoms with E-state index in [1.807, 2.05) is 4.90 Å². The average molecular weight is 439 g/mol. The molecule has 0 radical (unpaired) electrons. The molecule has 162 valence electrons. The normalized spacial score (nSPS) is 13.5. The molecule has 7 nitrogen and oxygen atoms in total. The van der Waals surface area contributed by atoms with Crippen LogP contribution < -0.4 is 20.5 Å². The number of primary amides is 1. The highest BCUT2D eigenvalue weighted by atomic mass is 32.1. The highest BCUT2D eigenvalue weighted by Gasteiger charge is 2.31. The van der Waals surface area contributed by atoms with Crippen molar-refractivity contribution >= 4 is 28.2 Å². The minimum Gasteiger partial charge on any atom is -0.490 e. The topological polar surface area (TPSA) is 93.9 Å². The lowest BCUT2D eigenvalue weighted by molar-refractivity contribution is -0.117. The SMILES string of the molecule is CCOc1cc(CN(CC(=O)Nc2sccc2C(N)=O)C2CC2)ccc1OC(F)F. The van der Waals surface area contributed by atoms with Gasteiger partial charge in [-0.15, -0.1) is 11.3 Å². The number of anilines is 1. The van der Waals surface area contributed by atoms with Gasteiger partial charge in [-0.3, -0.25) is 14.5 Å². The summed E-state index contributed by atoms with van der Waals surface area (Å²) in [6, 6.07) is 6.61. The Balaban J connectivity index is 1.68. The molecule has 1 heterocycles. The number of nitrogens with zero attached hydrogens (tertiary/aromatic N) is 1. The van der Waals surface area contributed by atoms with Crippen molar-refractivity contribution in [3.05, 3.63) is 40.8 Å². The maximum atomic E-state index is 12.6. The summed E-state index contributed by atoms with van der Waals surface area (Å²) in [7, 11) is 0. The van der Waals surface area contributed by atoms with E-state index in [4.69, 9.17) is 10.5 Å². The number of thiophene rings is 1. The Bertz CT molecular complexity index is 902. The van der Waals surface area contributed by atoms with E-state index in [2.05, 4.69) is 10.1 Å². The Morgan fingerprint density at radius 3 is 2.70 bits per heavy atom. The van der Waals surface area contributed by atoms with Crippen molar-refractivity contribution in [3.63, 3.8) is 0 Å². The first-order valence-corrected chi connectivity index (χ1v) is 10.4. The third-order valence-electron chi connectivity index (χ3n) is 4.50. The van der Waals surface area contributed by atoms with Crippen LogP contribution in [0.3, 0.4) is 0 Å². The van der Waals surface area contributed by atoms with Gasteiger partial charge in [-0.2, -0.15) is 8.78 Å². The Kier molecular flexibility index (Phi) is 7.22. The summed E-state index contributed by atoms with van der Waals surface area (Å²) >= 11 is 1.23. The number of hydrogen-bond acceptors (Lipinski definition) is 6. The maximum absolute atomic E-state index is 12.6. The zero-order valence-electron chi connectivity index (χ0n) is 16.4. The zero-order valence-corrected chi connectivity index (χ0v) is 17.2. The van der Waals surface area contributed by atoms with Gasteiger partial charge in [0.15, 0.2) is 11.5 Å². The minimum atomic E-state index is -2.94. The minimum absolute atomic E-state index is 0.0250. The maximum Gasteiger partial charge on any atom is 0.387 e. The number of nitrogens with one attached hydrogen (secondary N) is 1. The van der Waals surface area contributed by atoms with Gasteiger partial charge in [0, 0.05) is 12.6 Å². The van der Waals surface area contributed by atoms with Gasteiger partial charge >= 0.3 is 6.61 Å². The van der Waals surface area contributed by atoms with Crippen LogP contribution in [0.5, 0.6) is 11.5 Å². The number of benzene rings is 1. The summed E-state index contributed by atoms with van der Waals surface area (Å²) in [5.41, 5.74) is 6.41. The molecule has 3 rings (SSSR count). The number of ether oxygens (including phenoxy) is 2. The Hall–Kier alpha value is -2.72. The molecule has 2 aromatic rings. The molecule has 1 aromatic heterocycles. The first-order valence-electron chi connectivity index (χ1n) is 9.49. The van der Waals surface area contributed by atoms with Crippen LogP contribution in [0.15, 0.2) is 29.6 Å². The van der Waals surface area contributed by atoms with Crippen molar-refractivity contribution in [1.82, 2.24) is 4.90 Å².